The predicted octanol–water partition coefficient (Wildman–Crippen LogP) is 9.73. The van der Waals surface area contributed by atoms with E-state index in [1.807, 2.05) is 37.3 Å². The van der Waals surface area contributed by atoms with Crippen molar-refractivity contribution in [3.8, 4) is 28.0 Å². The van der Waals surface area contributed by atoms with Crippen LogP contribution in [0.15, 0.2) is 66.7 Å². The fraction of sp³-hybridized carbons (Fsp3) is 0.316. The molecule has 0 bridgehead atoms. The minimum atomic E-state index is -5.05. The number of esters is 1. The molecule has 4 aromatic rings. The number of nitrogens with zero attached hydrogens (tertiary/aromatic N) is 1. The van der Waals surface area contributed by atoms with E-state index in [0.717, 1.165) is 58.2 Å². The molecule has 262 valence electrons. The molecule has 1 heterocycles. The molecule has 0 radical (unpaired) electrons. The first-order valence-electron chi connectivity index (χ1n) is 15.9. The topological polar surface area (TPSA) is 65.1 Å². The van der Waals surface area contributed by atoms with Gasteiger partial charge in [0.1, 0.15) is 11.9 Å². The number of fused-ring (bicyclic) bond motifs is 1. The number of hydrogen-bond acceptors (Lipinski definition) is 5. The molecule has 2 aliphatic rings. The van der Waals surface area contributed by atoms with Crippen LogP contribution in [-0.4, -0.2) is 37.2 Å². The normalized spacial score (nSPS) is 17.5. The van der Waals surface area contributed by atoms with Crippen molar-refractivity contribution in [2.75, 3.05) is 14.2 Å². The van der Waals surface area contributed by atoms with Gasteiger partial charge in [0.25, 0.3) is 0 Å². The second-order valence-corrected chi connectivity index (χ2v) is 12.6. The molecule has 1 saturated heterocycles. The predicted molar refractivity (Wildman–Crippen MR) is 173 cm³/mol. The lowest BCUT2D eigenvalue weighted by atomic mass is 9.90. The Kier molecular flexibility index (Phi) is 9.09. The van der Waals surface area contributed by atoms with Crippen LogP contribution >= 0.6 is 0 Å². The standard InChI is InChI=1S/C38H33F6NO5/c1-20-12-25(35(46)49-4)8-10-30(20)24-9-11-33(48-3)32(17-24)31-16-23-7-5-6-22(23)13-27(31)19-45-21(2)34(50-36(45)47)26-14-28(37(39,40)41)18-29(15-26)38(42,43)44/h8-18,21,34H,5-7,19H2,1-4H3/t21-,34?/m0/s1. The van der Waals surface area contributed by atoms with Crippen LogP contribution in [0, 0.1) is 6.92 Å². The fourth-order valence-electron chi connectivity index (χ4n) is 6.86. The summed E-state index contributed by atoms with van der Waals surface area (Å²) in [5.41, 5.74) is 4.00. The Hall–Kier alpha value is -5.00. The van der Waals surface area contributed by atoms with E-state index >= 15 is 0 Å². The zero-order valence-corrected chi connectivity index (χ0v) is 27.6. The van der Waals surface area contributed by atoms with Crippen molar-refractivity contribution >= 4 is 12.1 Å². The highest BCUT2D eigenvalue weighted by Crippen LogP contribution is 2.44. The summed E-state index contributed by atoms with van der Waals surface area (Å²) in [7, 11) is 2.85. The van der Waals surface area contributed by atoms with Crippen LogP contribution in [0.5, 0.6) is 5.75 Å². The Morgan fingerprint density at radius 1 is 0.840 bits per heavy atom. The van der Waals surface area contributed by atoms with Crippen molar-refractivity contribution in [3.63, 3.8) is 0 Å². The third kappa shape index (κ3) is 6.63. The van der Waals surface area contributed by atoms with Crippen molar-refractivity contribution in [1.29, 1.82) is 0 Å². The highest BCUT2D eigenvalue weighted by molar-refractivity contribution is 5.91. The average molecular weight is 698 g/mol. The molecule has 1 amide bonds. The van der Waals surface area contributed by atoms with Gasteiger partial charge in [0.2, 0.25) is 0 Å². The van der Waals surface area contributed by atoms with Gasteiger partial charge in [-0.25, -0.2) is 9.59 Å². The summed E-state index contributed by atoms with van der Waals surface area (Å²) >= 11 is 0. The lowest BCUT2D eigenvalue weighted by Gasteiger charge is -2.24. The van der Waals surface area contributed by atoms with Crippen LogP contribution in [0.2, 0.25) is 0 Å². The quantitative estimate of drug-likeness (QED) is 0.142. The van der Waals surface area contributed by atoms with Crippen LogP contribution in [0.3, 0.4) is 0 Å². The van der Waals surface area contributed by atoms with E-state index < -0.39 is 53.3 Å². The van der Waals surface area contributed by atoms with Crippen molar-refractivity contribution < 1.29 is 50.1 Å². The largest absolute Gasteiger partial charge is 0.496 e. The Morgan fingerprint density at radius 2 is 1.50 bits per heavy atom. The van der Waals surface area contributed by atoms with Gasteiger partial charge in [-0.1, -0.05) is 24.3 Å². The lowest BCUT2D eigenvalue weighted by molar-refractivity contribution is -0.143. The molecule has 0 N–H and O–H groups in total. The number of rotatable bonds is 7. The molecule has 0 saturated carbocycles. The molecule has 1 fully saturated rings. The van der Waals surface area contributed by atoms with Gasteiger partial charge in [-0.15, -0.1) is 0 Å². The highest BCUT2D eigenvalue weighted by atomic mass is 19.4. The van der Waals surface area contributed by atoms with E-state index in [2.05, 4.69) is 6.07 Å². The number of alkyl halides is 6. The molecule has 6 nitrogen and oxygen atoms in total. The molecule has 1 aliphatic heterocycles. The molecule has 0 aromatic heterocycles. The van der Waals surface area contributed by atoms with Gasteiger partial charge in [-0.3, -0.25) is 4.90 Å². The smallest absolute Gasteiger partial charge is 0.416 e. The summed E-state index contributed by atoms with van der Waals surface area (Å²) in [6.45, 7) is 3.40. The fourth-order valence-corrected chi connectivity index (χ4v) is 6.86. The molecule has 12 heteroatoms. The van der Waals surface area contributed by atoms with Crippen molar-refractivity contribution in [3.05, 3.63) is 111 Å². The molecule has 4 aromatic carbocycles. The third-order valence-electron chi connectivity index (χ3n) is 9.44. The maximum atomic E-state index is 13.6. The Morgan fingerprint density at radius 3 is 2.10 bits per heavy atom. The Bertz CT molecular complexity index is 1950. The van der Waals surface area contributed by atoms with E-state index in [-0.39, 0.29) is 12.6 Å². The summed E-state index contributed by atoms with van der Waals surface area (Å²) in [5.74, 6) is 0.0963. The zero-order valence-electron chi connectivity index (χ0n) is 27.6. The second-order valence-electron chi connectivity index (χ2n) is 12.6. The molecule has 2 atom stereocenters. The van der Waals surface area contributed by atoms with Gasteiger partial charge in [-0.05, 0) is 120 Å². The molecule has 1 unspecified atom stereocenters. The van der Waals surface area contributed by atoms with Gasteiger partial charge in [0.15, 0.2) is 0 Å². The van der Waals surface area contributed by atoms with Crippen molar-refractivity contribution in [1.82, 2.24) is 4.90 Å². The van der Waals surface area contributed by atoms with Gasteiger partial charge in [-0.2, -0.15) is 26.3 Å². The SMILES string of the molecule is COC(=O)c1ccc(-c2ccc(OC)c(-c3cc4c(cc3CN3C(=O)OC(c5cc(C(F)(F)F)cc(C(F)(F)F)c5)[C@@H]3C)CCC4)c2)c(C)c1. The molecule has 1 aliphatic carbocycles. The summed E-state index contributed by atoms with van der Waals surface area (Å²) in [6.07, 6.45) is -9.73. The number of cyclic esters (lactones) is 1. The average Bonchev–Trinajstić information content (AvgIpc) is 3.65. The van der Waals surface area contributed by atoms with Crippen LogP contribution in [0.1, 0.15) is 68.8 Å². The van der Waals surface area contributed by atoms with Gasteiger partial charge < -0.3 is 14.2 Å². The third-order valence-corrected chi connectivity index (χ3v) is 9.44. The molecule has 0 spiro atoms. The first-order valence-corrected chi connectivity index (χ1v) is 15.9. The van der Waals surface area contributed by atoms with E-state index in [9.17, 15) is 35.9 Å². The molecule has 6 rings (SSSR count). The minimum Gasteiger partial charge on any atom is -0.496 e. The Balaban J connectivity index is 1.40. The summed E-state index contributed by atoms with van der Waals surface area (Å²) in [5, 5.41) is 0. The van der Waals surface area contributed by atoms with E-state index in [4.69, 9.17) is 14.2 Å². The number of carbonyl (C=O) groups excluding carboxylic acids is 2. The summed E-state index contributed by atoms with van der Waals surface area (Å²) in [6, 6.07) is 15.3. The number of halogens is 6. The number of ether oxygens (including phenoxy) is 3. The second kappa shape index (κ2) is 13.0. The highest BCUT2D eigenvalue weighted by Gasteiger charge is 2.43. The Labute approximate surface area is 284 Å². The number of benzene rings is 4. The van der Waals surface area contributed by atoms with Gasteiger partial charge in [0.05, 0.1) is 43.5 Å². The number of aryl methyl sites for hydroxylation is 3. The van der Waals surface area contributed by atoms with E-state index in [1.165, 1.54) is 26.0 Å². The van der Waals surface area contributed by atoms with E-state index in [1.54, 1.807) is 12.1 Å². The monoisotopic (exact) mass is 697 g/mol. The minimum absolute atomic E-state index is 0.0234. The first kappa shape index (κ1) is 34.8. The lowest BCUT2D eigenvalue weighted by Crippen LogP contribution is -2.31. The van der Waals surface area contributed by atoms with Crippen LogP contribution < -0.4 is 4.74 Å². The van der Waals surface area contributed by atoms with Crippen molar-refractivity contribution in [2.45, 2.75) is 64.2 Å². The summed E-state index contributed by atoms with van der Waals surface area (Å²) < 4.78 is 98.0. The maximum Gasteiger partial charge on any atom is 0.416 e. The van der Waals surface area contributed by atoms with Gasteiger partial charge in [0, 0.05) is 5.56 Å². The number of hydrogen-bond donors (Lipinski definition) is 0. The number of amides is 1. The van der Waals surface area contributed by atoms with Crippen LogP contribution in [0.25, 0.3) is 22.3 Å². The first-order chi connectivity index (χ1) is 23.6. The number of carbonyl (C=O) groups is 2. The van der Waals surface area contributed by atoms with Crippen molar-refractivity contribution in [2.24, 2.45) is 0 Å². The molecular weight excluding hydrogens is 664 g/mol. The van der Waals surface area contributed by atoms with Crippen LogP contribution in [0.4, 0.5) is 31.1 Å². The van der Waals surface area contributed by atoms with Gasteiger partial charge >= 0.3 is 24.4 Å². The summed E-state index contributed by atoms with van der Waals surface area (Å²) in [4.78, 5) is 26.7. The molecular formula is C38H33F6NO5. The zero-order chi connectivity index (χ0) is 36.1. The van der Waals surface area contributed by atoms with E-state index in [0.29, 0.717) is 29.0 Å². The maximum absolute atomic E-state index is 13.6. The number of methoxy groups -OCH3 is 2. The molecule has 50 heavy (non-hydrogen) atoms. The van der Waals surface area contributed by atoms with Crippen LogP contribution in [-0.2, 0) is 41.2 Å².